The van der Waals surface area contributed by atoms with Gasteiger partial charge in [0.1, 0.15) is 12.1 Å². The molecular formula is C18H20N4O. The van der Waals surface area contributed by atoms with Crippen LogP contribution in [-0.4, -0.2) is 32.9 Å². The van der Waals surface area contributed by atoms with Gasteiger partial charge in [0.15, 0.2) is 0 Å². The highest BCUT2D eigenvalue weighted by molar-refractivity contribution is 5.52. The zero-order chi connectivity index (χ0) is 15.5. The molecule has 23 heavy (non-hydrogen) atoms. The molecule has 118 valence electrons. The summed E-state index contributed by atoms with van der Waals surface area (Å²) in [6, 6.07) is 10.0. The number of nitrogens with zero attached hydrogens (tertiary/aromatic N) is 3. The van der Waals surface area contributed by atoms with Crippen LogP contribution in [0.3, 0.4) is 0 Å². The monoisotopic (exact) mass is 308 g/mol. The maximum Gasteiger partial charge on any atom is 0.226 e. The number of nitrogens with one attached hydrogen (secondary N) is 1. The molecule has 5 nitrogen and oxygen atoms in total. The zero-order valence-electron chi connectivity index (χ0n) is 13.0. The van der Waals surface area contributed by atoms with E-state index in [2.05, 4.69) is 19.9 Å². The Hall–Kier alpha value is -2.40. The van der Waals surface area contributed by atoms with Crippen LogP contribution in [0.5, 0.6) is 0 Å². The Kier molecular flexibility index (Phi) is 3.94. The van der Waals surface area contributed by atoms with Crippen LogP contribution in [-0.2, 0) is 6.54 Å². The maximum absolute atomic E-state index is 5.64. The number of oxazole rings is 1. The molecule has 5 heteroatoms. The Morgan fingerprint density at radius 3 is 3.00 bits per heavy atom. The van der Waals surface area contributed by atoms with Gasteiger partial charge in [-0.3, -0.25) is 4.90 Å². The molecule has 4 rings (SSSR count). The highest BCUT2D eigenvalue weighted by atomic mass is 16.3. The van der Waals surface area contributed by atoms with Crippen LogP contribution in [0.15, 0.2) is 53.4 Å². The molecule has 0 saturated carbocycles. The first-order valence-electron chi connectivity index (χ1n) is 8.10. The van der Waals surface area contributed by atoms with E-state index in [4.69, 9.17) is 4.42 Å². The summed E-state index contributed by atoms with van der Waals surface area (Å²) in [7, 11) is 0. The molecule has 1 unspecified atom stereocenters. The van der Waals surface area contributed by atoms with E-state index in [1.165, 1.54) is 12.8 Å². The van der Waals surface area contributed by atoms with Crippen molar-refractivity contribution in [2.75, 3.05) is 13.1 Å². The molecule has 1 N–H and O–H groups in total. The molecule has 2 aromatic heterocycles. The Bertz CT molecular complexity index is 735. The molecule has 1 aliphatic rings. The number of likely N-dealkylation sites (tertiary alicyclic amines) is 1. The standard InChI is InChI=1S/C18H20N4O/c1-2-5-14(6-3-1)18-21-16(13-23-18)12-22-10-4-7-15(11-22)17-19-8-9-20-17/h1-3,5-6,8-9,13,15H,4,7,10-12H2,(H,19,20). The van der Waals surface area contributed by atoms with Crippen LogP contribution in [0.25, 0.3) is 11.5 Å². The highest BCUT2D eigenvalue weighted by Gasteiger charge is 2.23. The molecule has 3 heterocycles. The lowest BCUT2D eigenvalue weighted by atomic mass is 9.97. The fourth-order valence-corrected chi connectivity index (χ4v) is 3.25. The molecule has 0 aliphatic carbocycles. The van der Waals surface area contributed by atoms with Gasteiger partial charge in [-0.15, -0.1) is 0 Å². The maximum atomic E-state index is 5.64. The predicted molar refractivity (Wildman–Crippen MR) is 87.8 cm³/mol. The molecule has 0 radical (unpaired) electrons. The summed E-state index contributed by atoms with van der Waals surface area (Å²) in [5, 5.41) is 0. The summed E-state index contributed by atoms with van der Waals surface area (Å²) in [5.74, 6) is 2.28. The number of rotatable bonds is 4. The summed E-state index contributed by atoms with van der Waals surface area (Å²) in [6.45, 7) is 2.94. The normalized spacial score (nSPS) is 19.0. The minimum absolute atomic E-state index is 0.485. The van der Waals surface area contributed by atoms with E-state index in [9.17, 15) is 0 Å². The van der Waals surface area contributed by atoms with Gasteiger partial charge in [-0.25, -0.2) is 9.97 Å². The van der Waals surface area contributed by atoms with E-state index < -0.39 is 0 Å². The van der Waals surface area contributed by atoms with E-state index >= 15 is 0 Å². The van der Waals surface area contributed by atoms with Crippen LogP contribution in [0, 0.1) is 0 Å². The third kappa shape index (κ3) is 3.19. The highest BCUT2D eigenvalue weighted by Crippen LogP contribution is 2.26. The van der Waals surface area contributed by atoms with Gasteiger partial charge in [-0.1, -0.05) is 18.2 Å². The van der Waals surface area contributed by atoms with E-state index in [1.807, 2.05) is 42.7 Å². The molecule has 1 fully saturated rings. The largest absolute Gasteiger partial charge is 0.444 e. The smallest absolute Gasteiger partial charge is 0.226 e. The Labute approximate surface area is 135 Å². The quantitative estimate of drug-likeness (QED) is 0.802. The number of H-pyrrole nitrogens is 1. The summed E-state index contributed by atoms with van der Waals surface area (Å²) in [6.07, 6.45) is 7.89. The second-order valence-corrected chi connectivity index (χ2v) is 6.06. The third-order valence-electron chi connectivity index (χ3n) is 4.37. The molecular weight excluding hydrogens is 288 g/mol. The Balaban J connectivity index is 1.43. The van der Waals surface area contributed by atoms with Crippen LogP contribution in [0.2, 0.25) is 0 Å². The number of hydrogen-bond donors (Lipinski definition) is 1. The Morgan fingerprint density at radius 1 is 1.26 bits per heavy atom. The van der Waals surface area contributed by atoms with Crippen molar-refractivity contribution in [3.63, 3.8) is 0 Å². The molecule has 3 aromatic rings. The SMILES string of the molecule is c1ccc(-c2nc(CN3CCCC(c4ncc[nH]4)C3)co2)cc1. The van der Waals surface area contributed by atoms with Gasteiger partial charge in [-0.05, 0) is 31.5 Å². The van der Waals surface area contributed by atoms with Crippen LogP contribution < -0.4 is 0 Å². The molecule has 0 amide bonds. The van der Waals surface area contributed by atoms with E-state index in [-0.39, 0.29) is 0 Å². The van der Waals surface area contributed by atoms with Gasteiger partial charge in [0.05, 0.1) is 5.69 Å². The number of imidazole rings is 1. The molecule has 1 saturated heterocycles. The van der Waals surface area contributed by atoms with Crippen molar-refractivity contribution >= 4 is 0 Å². The topological polar surface area (TPSA) is 58.0 Å². The number of aromatic amines is 1. The number of hydrogen-bond acceptors (Lipinski definition) is 4. The summed E-state index contributed by atoms with van der Waals surface area (Å²) >= 11 is 0. The first kappa shape index (κ1) is 14.2. The molecule has 0 spiro atoms. The van der Waals surface area contributed by atoms with Gasteiger partial charge in [0.2, 0.25) is 5.89 Å². The second kappa shape index (κ2) is 6.38. The van der Waals surface area contributed by atoms with Crippen molar-refractivity contribution < 1.29 is 4.42 Å². The fourth-order valence-electron chi connectivity index (χ4n) is 3.25. The van der Waals surface area contributed by atoms with Crippen molar-refractivity contribution in [1.82, 2.24) is 19.9 Å². The van der Waals surface area contributed by atoms with Gasteiger partial charge >= 0.3 is 0 Å². The van der Waals surface area contributed by atoms with Crippen molar-refractivity contribution in [2.45, 2.75) is 25.3 Å². The number of benzene rings is 1. The van der Waals surface area contributed by atoms with E-state index in [0.29, 0.717) is 11.8 Å². The van der Waals surface area contributed by atoms with Crippen LogP contribution >= 0.6 is 0 Å². The first-order valence-corrected chi connectivity index (χ1v) is 8.10. The van der Waals surface area contributed by atoms with Crippen molar-refractivity contribution in [3.05, 3.63) is 60.5 Å². The van der Waals surface area contributed by atoms with Crippen LogP contribution in [0.4, 0.5) is 0 Å². The predicted octanol–water partition coefficient (Wildman–Crippen LogP) is 3.44. The van der Waals surface area contributed by atoms with Gasteiger partial charge in [0.25, 0.3) is 0 Å². The average Bonchev–Trinajstić information content (AvgIpc) is 3.28. The lowest BCUT2D eigenvalue weighted by molar-refractivity contribution is 0.195. The zero-order valence-corrected chi connectivity index (χ0v) is 13.0. The van der Waals surface area contributed by atoms with Gasteiger partial charge in [-0.2, -0.15) is 0 Å². The van der Waals surface area contributed by atoms with Gasteiger partial charge in [0, 0.05) is 37.0 Å². The minimum Gasteiger partial charge on any atom is -0.444 e. The van der Waals surface area contributed by atoms with E-state index in [0.717, 1.165) is 36.7 Å². The van der Waals surface area contributed by atoms with Crippen molar-refractivity contribution in [1.29, 1.82) is 0 Å². The van der Waals surface area contributed by atoms with Crippen molar-refractivity contribution in [2.24, 2.45) is 0 Å². The van der Waals surface area contributed by atoms with E-state index in [1.54, 1.807) is 6.26 Å². The van der Waals surface area contributed by atoms with Crippen molar-refractivity contribution in [3.8, 4) is 11.5 Å². The Morgan fingerprint density at radius 2 is 2.17 bits per heavy atom. The molecule has 1 aromatic carbocycles. The number of piperidine rings is 1. The lowest BCUT2D eigenvalue weighted by Gasteiger charge is -2.31. The fraction of sp³-hybridized carbons (Fsp3) is 0.333. The first-order chi connectivity index (χ1) is 11.4. The molecule has 0 bridgehead atoms. The third-order valence-corrected chi connectivity index (χ3v) is 4.37. The lowest BCUT2D eigenvalue weighted by Crippen LogP contribution is -2.34. The summed E-state index contributed by atoms with van der Waals surface area (Å²) in [5.41, 5.74) is 2.01. The van der Waals surface area contributed by atoms with Crippen LogP contribution in [0.1, 0.15) is 30.3 Å². The molecule has 1 atom stereocenters. The average molecular weight is 308 g/mol. The minimum atomic E-state index is 0.485. The second-order valence-electron chi connectivity index (χ2n) is 6.06. The molecule has 1 aliphatic heterocycles. The number of aromatic nitrogens is 3. The summed E-state index contributed by atoms with van der Waals surface area (Å²) in [4.78, 5) is 14.7. The van der Waals surface area contributed by atoms with Gasteiger partial charge < -0.3 is 9.40 Å². The summed E-state index contributed by atoms with van der Waals surface area (Å²) < 4.78 is 5.64.